The van der Waals surface area contributed by atoms with Crippen molar-refractivity contribution < 1.29 is 23.8 Å². The van der Waals surface area contributed by atoms with Crippen molar-refractivity contribution in [3.63, 3.8) is 0 Å². The third-order valence-electron chi connectivity index (χ3n) is 3.76. The van der Waals surface area contributed by atoms with Crippen molar-refractivity contribution in [2.75, 3.05) is 13.7 Å². The van der Waals surface area contributed by atoms with E-state index in [1.807, 2.05) is 0 Å². The molecule has 1 aromatic rings. The van der Waals surface area contributed by atoms with Gasteiger partial charge >= 0.3 is 11.9 Å². The summed E-state index contributed by atoms with van der Waals surface area (Å²) in [5, 5.41) is 0. The van der Waals surface area contributed by atoms with Gasteiger partial charge in [-0.1, -0.05) is 12.1 Å². The summed E-state index contributed by atoms with van der Waals surface area (Å²) in [4.78, 5) is 21.8. The Morgan fingerprint density at radius 3 is 2.17 bits per heavy atom. The number of methoxy groups -OCH3 is 1. The zero-order valence-corrected chi connectivity index (χ0v) is 15.3. The van der Waals surface area contributed by atoms with Crippen molar-refractivity contribution in [3.8, 4) is 0 Å². The van der Waals surface area contributed by atoms with E-state index in [-0.39, 0.29) is 6.42 Å². The smallest absolute Gasteiger partial charge is 0.320 e. The van der Waals surface area contributed by atoms with E-state index in [4.69, 9.17) is 14.2 Å². The van der Waals surface area contributed by atoms with Gasteiger partial charge in [0.2, 0.25) is 0 Å². The number of carbonyl (C=O) groups excluding carboxylic acids is 2. The zero-order valence-electron chi connectivity index (χ0n) is 13.2. The van der Waals surface area contributed by atoms with E-state index in [1.54, 1.807) is 7.11 Å². The second kappa shape index (κ2) is 8.63. The van der Waals surface area contributed by atoms with Crippen LogP contribution in [0.25, 0.3) is 0 Å². The zero-order chi connectivity index (χ0) is 16.7. The average Bonchev–Trinajstić information content (AvgIpc) is 2.93. The fourth-order valence-corrected chi connectivity index (χ4v) is 2.97. The molecule has 0 amide bonds. The number of carbonyl (C=O) groups is 2. The molecule has 0 aromatic heterocycles. The maximum atomic E-state index is 10.9. The molecule has 1 aliphatic carbocycles. The van der Waals surface area contributed by atoms with E-state index in [9.17, 15) is 9.59 Å². The largest absolute Gasteiger partial charge is 0.422 e. The molecule has 1 aromatic carbocycles. The summed E-state index contributed by atoms with van der Waals surface area (Å²) < 4.78 is 16.3. The monoisotopic (exact) mass is 432 g/mol. The van der Waals surface area contributed by atoms with Gasteiger partial charge in [-0.05, 0) is 59.5 Å². The molecule has 2 fully saturated rings. The molecule has 1 spiro atoms. The van der Waals surface area contributed by atoms with Gasteiger partial charge in [-0.15, -0.1) is 0 Å². The van der Waals surface area contributed by atoms with Crippen LogP contribution in [0.15, 0.2) is 24.3 Å². The number of halogens is 1. The van der Waals surface area contributed by atoms with Crippen molar-refractivity contribution in [2.24, 2.45) is 0 Å². The molecule has 5 nitrogen and oxygen atoms in total. The Balaban J connectivity index is 0.000000168. The molecule has 0 radical (unpaired) electrons. The van der Waals surface area contributed by atoms with Crippen LogP contribution in [-0.4, -0.2) is 31.4 Å². The average molecular weight is 432 g/mol. The van der Waals surface area contributed by atoms with Gasteiger partial charge in [-0.25, -0.2) is 0 Å². The van der Waals surface area contributed by atoms with Crippen molar-refractivity contribution in [1.82, 2.24) is 0 Å². The van der Waals surface area contributed by atoms with Crippen LogP contribution in [0.1, 0.15) is 37.7 Å². The van der Waals surface area contributed by atoms with Crippen LogP contribution >= 0.6 is 22.6 Å². The second-order valence-electron chi connectivity index (χ2n) is 5.61. The molecular weight excluding hydrogens is 411 g/mol. The topological polar surface area (TPSA) is 61.8 Å². The lowest BCUT2D eigenvalue weighted by Crippen LogP contribution is -2.42. The summed E-state index contributed by atoms with van der Waals surface area (Å²) in [7, 11) is 1.73. The Morgan fingerprint density at radius 2 is 1.65 bits per heavy atom. The van der Waals surface area contributed by atoms with Crippen molar-refractivity contribution in [2.45, 2.75) is 44.3 Å². The first-order chi connectivity index (χ1) is 11.0. The summed E-state index contributed by atoms with van der Waals surface area (Å²) in [6.45, 7) is 0.806. The standard InChI is InChI=1S/C9H11IO.C8H10O4/c1-11-7-6-8-2-4-9(10)5-3-8;9-6-5-7(10)12-8(11-6)3-1-2-4-8/h2-5H,6-7H2,1H3;1-5H2. The Bertz CT molecular complexity index is 516. The molecule has 0 bridgehead atoms. The molecule has 0 unspecified atom stereocenters. The summed E-state index contributed by atoms with van der Waals surface area (Å²) in [5.41, 5.74) is 1.34. The molecule has 0 atom stereocenters. The highest BCUT2D eigenvalue weighted by Gasteiger charge is 2.45. The van der Waals surface area contributed by atoms with E-state index in [2.05, 4.69) is 46.9 Å². The molecule has 0 N–H and O–H groups in total. The molecule has 6 heteroatoms. The van der Waals surface area contributed by atoms with E-state index in [1.165, 1.54) is 9.13 Å². The SMILES string of the molecule is COCCc1ccc(I)cc1.O=C1CC(=O)OC2(CCCC2)O1. The molecule has 2 aliphatic rings. The third-order valence-corrected chi connectivity index (χ3v) is 4.48. The Labute approximate surface area is 149 Å². The van der Waals surface area contributed by atoms with Gasteiger partial charge in [-0.2, -0.15) is 0 Å². The normalized spacial score (nSPS) is 18.9. The van der Waals surface area contributed by atoms with Gasteiger partial charge in [0.25, 0.3) is 5.79 Å². The van der Waals surface area contributed by atoms with Crippen LogP contribution in [0.3, 0.4) is 0 Å². The van der Waals surface area contributed by atoms with Crippen LogP contribution in [0.4, 0.5) is 0 Å². The quantitative estimate of drug-likeness (QED) is 0.417. The van der Waals surface area contributed by atoms with Gasteiger partial charge < -0.3 is 14.2 Å². The molecule has 126 valence electrons. The number of benzene rings is 1. The highest BCUT2D eigenvalue weighted by molar-refractivity contribution is 14.1. The Morgan fingerprint density at radius 1 is 1.09 bits per heavy atom. The summed E-state index contributed by atoms with van der Waals surface area (Å²) >= 11 is 2.30. The molecule has 1 heterocycles. The van der Waals surface area contributed by atoms with Gasteiger partial charge in [0.1, 0.15) is 6.42 Å². The molecule has 1 saturated heterocycles. The second-order valence-corrected chi connectivity index (χ2v) is 6.86. The van der Waals surface area contributed by atoms with E-state index >= 15 is 0 Å². The highest BCUT2D eigenvalue weighted by Crippen LogP contribution is 2.37. The maximum absolute atomic E-state index is 10.9. The third kappa shape index (κ3) is 5.76. The van der Waals surface area contributed by atoms with Crippen LogP contribution in [-0.2, 0) is 30.2 Å². The summed E-state index contributed by atoms with van der Waals surface area (Å²) in [5.74, 6) is -1.78. The van der Waals surface area contributed by atoms with Crippen LogP contribution in [0.5, 0.6) is 0 Å². The molecule has 3 rings (SSSR count). The fraction of sp³-hybridized carbons (Fsp3) is 0.529. The number of esters is 2. The Kier molecular flexibility index (Phi) is 6.83. The lowest BCUT2D eigenvalue weighted by molar-refractivity contribution is -0.241. The lowest BCUT2D eigenvalue weighted by atomic mass is 10.2. The number of rotatable bonds is 3. The van der Waals surface area contributed by atoms with E-state index in [0.717, 1.165) is 25.9 Å². The number of ether oxygens (including phenoxy) is 3. The van der Waals surface area contributed by atoms with Gasteiger partial charge in [0, 0.05) is 23.5 Å². The first-order valence-corrected chi connectivity index (χ1v) is 8.78. The van der Waals surface area contributed by atoms with Gasteiger partial charge in [0.05, 0.1) is 6.61 Å². The highest BCUT2D eigenvalue weighted by atomic mass is 127. The predicted octanol–water partition coefficient (Wildman–Crippen LogP) is 3.23. The van der Waals surface area contributed by atoms with E-state index < -0.39 is 17.7 Å². The molecule has 1 aliphatic heterocycles. The number of hydrogen-bond acceptors (Lipinski definition) is 5. The van der Waals surface area contributed by atoms with E-state index in [0.29, 0.717) is 12.8 Å². The van der Waals surface area contributed by atoms with Crippen LogP contribution in [0.2, 0.25) is 0 Å². The van der Waals surface area contributed by atoms with Crippen molar-refractivity contribution >= 4 is 34.5 Å². The minimum Gasteiger partial charge on any atom is -0.422 e. The number of hydrogen-bond donors (Lipinski definition) is 0. The molecule has 1 saturated carbocycles. The summed E-state index contributed by atoms with van der Waals surface area (Å²) in [6.07, 6.45) is 4.01. The van der Waals surface area contributed by atoms with Crippen molar-refractivity contribution in [1.29, 1.82) is 0 Å². The summed E-state index contributed by atoms with van der Waals surface area (Å²) in [6, 6.07) is 8.51. The molecule has 23 heavy (non-hydrogen) atoms. The minimum atomic E-state index is -0.883. The predicted molar refractivity (Wildman–Crippen MR) is 92.7 cm³/mol. The molecular formula is C17H21IO5. The fourth-order valence-electron chi connectivity index (χ4n) is 2.61. The Hall–Kier alpha value is -1.15. The van der Waals surface area contributed by atoms with Gasteiger partial charge in [0.15, 0.2) is 0 Å². The van der Waals surface area contributed by atoms with Gasteiger partial charge in [-0.3, -0.25) is 9.59 Å². The van der Waals surface area contributed by atoms with Crippen LogP contribution in [0, 0.1) is 3.57 Å². The minimum absolute atomic E-state index is 0.234. The first-order valence-electron chi connectivity index (χ1n) is 7.70. The lowest BCUT2D eigenvalue weighted by Gasteiger charge is -2.31. The van der Waals surface area contributed by atoms with Crippen LogP contribution < -0.4 is 0 Å². The first kappa shape index (κ1) is 18.2. The van der Waals surface area contributed by atoms with Crippen molar-refractivity contribution in [3.05, 3.63) is 33.4 Å². The maximum Gasteiger partial charge on any atom is 0.320 e.